The quantitative estimate of drug-likeness (QED) is 0.681. The Morgan fingerprint density at radius 3 is 2.62 bits per heavy atom. The first-order valence-corrected chi connectivity index (χ1v) is 5.19. The number of likely N-dealkylation sites (tertiary alicyclic amines) is 1. The molecule has 0 aromatic heterocycles. The van der Waals surface area contributed by atoms with Crippen molar-refractivity contribution >= 4 is 0 Å². The van der Waals surface area contributed by atoms with Crippen LogP contribution in [-0.4, -0.2) is 50.8 Å². The molecule has 2 aliphatic heterocycles. The third kappa shape index (κ3) is 1.73. The van der Waals surface area contributed by atoms with Gasteiger partial charge in [0.2, 0.25) is 0 Å². The Balaban J connectivity index is 1.66. The van der Waals surface area contributed by atoms with Gasteiger partial charge in [-0.25, -0.2) is 0 Å². The van der Waals surface area contributed by atoms with Crippen LogP contribution in [0.4, 0.5) is 0 Å². The number of hydrogen-bond acceptors (Lipinski definition) is 3. The van der Waals surface area contributed by atoms with Crippen molar-refractivity contribution < 1.29 is 4.74 Å². The molecule has 1 N–H and O–H groups in total. The predicted octanol–water partition coefficient (Wildman–Crippen LogP) is 0.317. The maximum absolute atomic E-state index is 5.08. The predicted molar refractivity (Wildman–Crippen MR) is 52.8 cm³/mol. The molecular formula is C10H20N2O. The van der Waals surface area contributed by atoms with Gasteiger partial charge in [0.05, 0.1) is 0 Å². The van der Waals surface area contributed by atoms with Gasteiger partial charge in [-0.15, -0.1) is 0 Å². The summed E-state index contributed by atoms with van der Waals surface area (Å²) in [5, 5.41) is 3.36. The van der Waals surface area contributed by atoms with Crippen molar-refractivity contribution in [2.45, 2.75) is 19.4 Å². The van der Waals surface area contributed by atoms with E-state index in [1.807, 2.05) is 0 Å². The van der Waals surface area contributed by atoms with Crippen molar-refractivity contribution in [1.29, 1.82) is 0 Å². The monoisotopic (exact) mass is 184 g/mol. The summed E-state index contributed by atoms with van der Waals surface area (Å²) in [4.78, 5) is 2.57. The highest BCUT2D eigenvalue weighted by Gasteiger charge is 2.48. The van der Waals surface area contributed by atoms with Crippen LogP contribution in [0.25, 0.3) is 0 Å². The molecule has 1 unspecified atom stereocenters. The number of rotatable bonds is 4. The lowest BCUT2D eigenvalue weighted by molar-refractivity contribution is -0.0655. The molecule has 3 nitrogen and oxygen atoms in total. The Hall–Kier alpha value is -0.120. The van der Waals surface area contributed by atoms with E-state index in [-0.39, 0.29) is 0 Å². The van der Waals surface area contributed by atoms with Gasteiger partial charge in [0.1, 0.15) is 0 Å². The molecular weight excluding hydrogens is 164 g/mol. The summed E-state index contributed by atoms with van der Waals surface area (Å²) in [5.41, 5.74) is 0.668. The van der Waals surface area contributed by atoms with Gasteiger partial charge < -0.3 is 10.1 Å². The fourth-order valence-corrected chi connectivity index (χ4v) is 2.30. The van der Waals surface area contributed by atoms with Crippen molar-refractivity contribution in [2.24, 2.45) is 5.41 Å². The Kier molecular flexibility index (Phi) is 2.58. The molecule has 2 saturated heterocycles. The molecule has 0 amide bonds. The molecule has 0 aliphatic carbocycles. The summed E-state index contributed by atoms with van der Waals surface area (Å²) in [6.07, 6.45) is 1.17. The minimum absolute atomic E-state index is 0.668. The average Bonchev–Trinajstić information content (AvgIpc) is 1.95. The van der Waals surface area contributed by atoms with Crippen LogP contribution in [-0.2, 0) is 4.74 Å². The van der Waals surface area contributed by atoms with E-state index >= 15 is 0 Å². The smallest absolute Gasteiger partial charge is 0.0477 e. The molecule has 2 heterocycles. The fraction of sp³-hybridized carbons (Fsp3) is 1.00. The molecule has 2 fully saturated rings. The second-order valence-corrected chi connectivity index (χ2v) is 4.64. The van der Waals surface area contributed by atoms with Gasteiger partial charge in [0.15, 0.2) is 0 Å². The summed E-state index contributed by atoms with van der Waals surface area (Å²) in [5.74, 6) is 0. The molecule has 0 aromatic rings. The van der Waals surface area contributed by atoms with Crippen LogP contribution in [0.2, 0.25) is 0 Å². The lowest BCUT2D eigenvalue weighted by Crippen LogP contribution is -2.72. The summed E-state index contributed by atoms with van der Waals surface area (Å²) in [7, 11) is 1.78. The van der Waals surface area contributed by atoms with Gasteiger partial charge in [-0.05, 0) is 13.3 Å². The Morgan fingerprint density at radius 2 is 2.15 bits per heavy atom. The van der Waals surface area contributed by atoms with Gasteiger partial charge in [0, 0.05) is 51.4 Å². The highest BCUT2D eigenvalue weighted by atomic mass is 16.5. The highest BCUT2D eigenvalue weighted by Crippen LogP contribution is 2.35. The van der Waals surface area contributed by atoms with Crippen LogP contribution < -0.4 is 5.32 Å². The van der Waals surface area contributed by atoms with Crippen molar-refractivity contribution in [2.75, 3.05) is 39.9 Å². The zero-order valence-corrected chi connectivity index (χ0v) is 8.68. The summed E-state index contributed by atoms with van der Waals surface area (Å²) >= 11 is 0. The molecule has 0 radical (unpaired) electrons. The van der Waals surface area contributed by atoms with Crippen LogP contribution in [0.15, 0.2) is 0 Å². The first-order chi connectivity index (χ1) is 6.26. The third-order valence-corrected chi connectivity index (χ3v) is 3.44. The van der Waals surface area contributed by atoms with Gasteiger partial charge in [-0.3, -0.25) is 4.90 Å². The molecule has 13 heavy (non-hydrogen) atoms. The minimum atomic E-state index is 0.668. The van der Waals surface area contributed by atoms with E-state index in [9.17, 15) is 0 Å². The van der Waals surface area contributed by atoms with E-state index in [0.717, 1.165) is 6.61 Å². The number of methoxy groups -OCH3 is 1. The van der Waals surface area contributed by atoms with Crippen LogP contribution >= 0.6 is 0 Å². The lowest BCUT2D eigenvalue weighted by Gasteiger charge is -2.58. The zero-order valence-electron chi connectivity index (χ0n) is 8.68. The van der Waals surface area contributed by atoms with E-state index in [0.29, 0.717) is 11.5 Å². The Bertz CT molecular complexity index is 172. The summed E-state index contributed by atoms with van der Waals surface area (Å²) < 4.78 is 5.08. The Morgan fingerprint density at radius 1 is 1.46 bits per heavy atom. The number of nitrogens with zero attached hydrogens (tertiary/aromatic N) is 1. The van der Waals surface area contributed by atoms with Crippen molar-refractivity contribution in [3.63, 3.8) is 0 Å². The SMILES string of the molecule is COCCC(C)N1CC2(CNC2)C1. The van der Waals surface area contributed by atoms with Gasteiger partial charge >= 0.3 is 0 Å². The number of nitrogens with one attached hydrogen (secondary N) is 1. The number of hydrogen-bond donors (Lipinski definition) is 1. The molecule has 0 saturated carbocycles. The first-order valence-electron chi connectivity index (χ1n) is 5.19. The molecule has 0 aromatic carbocycles. The molecule has 2 rings (SSSR count). The normalized spacial score (nSPS) is 28.2. The van der Waals surface area contributed by atoms with Crippen LogP contribution in [0.3, 0.4) is 0 Å². The van der Waals surface area contributed by atoms with Crippen molar-refractivity contribution in [3.05, 3.63) is 0 Å². The highest BCUT2D eigenvalue weighted by molar-refractivity contribution is 5.04. The van der Waals surface area contributed by atoms with Gasteiger partial charge in [-0.2, -0.15) is 0 Å². The van der Waals surface area contributed by atoms with Crippen LogP contribution in [0, 0.1) is 5.41 Å². The minimum Gasteiger partial charge on any atom is -0.385 e. The lowest BCUT2D eigenvalue weighted by atomic mass is 9.73. The zero-order chi connectivity index (χ0) is 9.31. The largest absolute Gasteiger partial charge is 0.385 e. The van der Waals surface area contributed by atoms with E-state index in [1.54, 1.807) is 7.11 Å². The maximum atomic E-state index is 5.08. The van der Waals surface area contributed by atoms with E-state index < -0.39 is 0 Å². The second-order valence-electron chi connectivity index (χ2n) is 4.64. The maximum Gasteiger partial charge on any atom is 0.0477 e. The molecule has 3 heteroatoms. The van der Waals surface area contributed by atoms with Gasteiger partial charge in [-0.1, -0.05) is 0 Å². The first kappa shape index (κ1) is 9.44. The summed E-state index contributed by atoms with van der Waals surface area (Å²) in [6.45, 7) is 8.26. The average molecular weight is 184 g/mol. The fourth-order valence-electron chi connectivity index (χ4n) is 2.30. The van der Waals surface area contributed by atoms with E-state index in [4.69, 9.17) is 4.74 Å². The van der Waals surface area contributed by atoms with Gasteiger partial charge in [0.25, 0.3) is 0 Å². The Labute approximate surface area is 80.4 Å². The molecule has 76 valence electrons. The van der Waals surface area contributed by atoms with E-state index in [1.165, 1.54) is 32.6 Å². The number of ether oxygens (including phenoxy) is 1. The molecule has 0 bridgehead atoms. The van der Waals surface area contributed by atoms with Crippen molar-refractivity contribution in [1.82, 2.24) is 10.2 Å². The summed E-state index contributed by atoms with van der Waals surface area (Å²) in [6, 6.07) is 0.700. The topological polar surface area (TPSA) is 24.5 Å². The molecule has 2 aliphatic rings. The van der Waals surface area contributed by atoms with Crippen LogP contribution in [0.1, 0.15) is 13.3 Å². The standard InChI is InChI=1S/C10H20N2O/c1-9(3-4-13-2)12-7-10(8-12)5-11-6-10/h9,11H,3-8H2,1-2H3. The van der Waals surface area contributed by atoms with Crippen molar-refractivity contribution in [3.8, 4) is 0 Å². The molecule has 1 atom stereocenters. The second kappa shape index (κ2) is 3.56. The third-order valence-electron chi connectivity index (χ3n) is 3.44. The molecule has 1 spiro atoms. The van der Waals surface area contributed by atoms with E-state index in [2.05, 4.69) is 17.1 Å². The van der Waals surface area contributed by atoms with Crippen LogP contribution in [0.5, 0.6) is 0 Å².